The lowest BCUT2D eigenvalue weighted by Crippen LogP contribution is -2.48. The second kappa shape index (κ2) is 9.69. The Morgan fingerprint density at radius 2 is 1.88 bits per heavy atom. The summed E-state index contributed by atoms with van der Waals surface area (Å²) in [4.78, 5) is 14.3. The molecule has 1 N–H and O–H groups in total. The molecule has 2 unspecified atom stereocenters. The van der Waals surface area contributed by atoms with Crippen LogP contribution in [0.3, 0.4) is 0 Å². The number of nitrogens with zero attached hydrogens (tertiary/aromatic N) is 6. The third-order valence-corrected chi connectivity index (χ3v) is 7.62. The summed E-state index contributed by atoms with van der Waals surface area (Å²) in [5.74, 6) is -1.43. The molecule has 0 radical (unpaired) electrons. The second-order valence-electron chi connectivity index (χ2n) is 8.32. The van der Waals surface area contributed by atoms with Gasteiger partial charge in [0.2, 0.25) is 0 Å². The summed E-state index contributed by atoms with van der Waals surface area (Å²) in [5.41, 5.74) is 2.58. The number of piperazine rings is 1. The average molecular weight is 486 g/mol. The van der Waals surface area contributed by atoms with E-state index in [1.165, 1.54) is 0 Å². The summed E-state index contributed by atoms with van der Waals surface area (Å²) in [6.45, 7) is 5.46. The molecule has 0 spiro atoms. The normalized spacial score (nSPS) is 17.3. The number of rotatable bonds is 7. The Morgan fingerprint density at radius 1 is 1.12 bits per heavy atom. The molecule has 5 rings (SSSR count). The molecule has 0 amide bonds. The summed E-state index contributed by atoms with van der Waals surface area (Å²) in [6, 6.07) is 5.18. The van der Waals surface area contributed by atoms with Crippen LogP contribution in [0, 0.1) is 11.6 Å². The smallest absolute Gasteiger partial charge is 0.141 e. The number of nitrogens with one attached hydrogen (secondary N) is 1. The standard InChI is InChI=1S/C23H25F2N7OS/c1-2-19(32-13-16(12-29-32)22-21-3-4-26-23(21)28-15-27-22)14-30-5-7-31(8-6-30)34(33)20-10-17(24)9-18(25)11-20/h3-4,9-13,15,19H,2,5-8,14H2,1H3,(H,26,27,28). The largest absolute Gasteiger partial charge is 0.346 e. The van der Waals surface area contributed by atoms with E-state index in [-0.39, 0.29) is 10.9 Å². The molecule has 11 heteroatoms. The van der Waals surface area contributed by atoms with Gasteiger partial charge in [-0.25, -0.2) is 27.3 Å². The summed E-state index contributed by atoms with van der Waals surface area (Å²) in [6.07, 6.45) is 8.15. The molecule has 34 heavy (non-hydrogen) atoms. The van der Waals surface area contributed by atoms with Crippen molar-refractivity contribution in [1.29, 1.82) is 0 Å². The van der Waals surface area contributed by atoms with Crippen molar-refractivity contribution in [2.24, 2.45) is 0 Å². The number of hydrogen-bond acceptors (Lipinski definition) is 5. The Bertz CT molecular complexity index is 1300. The minimum Gasteiger partial charge on any atom is -0.346 e. The van der Waals surface area contributed by atoms with Crippen LogP contribution in [-0.4, -0.2) is 70.9 Å². The zero-order chi connectivity index (χ0) is 23.7. The maximum Gasteiger partial charge on any atom is 0.141 e. The van der Waals surface area contributed by atoms with Crippen molar-refractivity contribution < 1.29 is 13.0 Å². The van der Waals surface area contributed by atoms with Gasteiger partial charge in [0.15, 0.2) is 0 Å². The summed E-state index contributed by atoms with van der Waals surface area (Å²) < 4.78 is 43.5. The van der Waals surface area contributed by atoms with Gasteiger partial charge in [0.05, 0.1) is 22.8 Å². The molecule has 4 heterocycles. The van der Waals surface area contributed by atoms with Crippen molar-refractivity contribution in [3.8, 4) is 11.3 Å². The topological polar surface area (TPSA) is 82.9 Å². The molecule has 0 bridgehead atoms. The fraction of sp³-hybridized carbons (Fsp3) is 0.348. The highest BCUT2D eigenvalue weighted by Gasteiger charge is 2.25. The average Bonchev–Trinajstić information content (AvgIpc) is 3.51. The Balaban J connectivity index is 1.23. The number of benzene rings is 1. The van der Waals surface area contributed by atoms with Crippen LogP contribution in [0.2, 0.25) is 0 Å². The van der Waals surface area contributed by atoms with Gasteiger partial charge in [-0.1, -0.05) is 6.92 Å². The molecule has 1 aliphatic rings. The van der Waals surface area contributed by atoms with Gasteiger partial charge in [0.25, 0.3) is 0 Å². The van der Waals surface area contributed by atoms with E-state index >= 15 is 0 Å². The van der Waals surface area contributed by atoms with Crippen molar-refractivity contribution in [2.45, 2.75) is 24.3 Å². The summed E-state index contributed by atoms with van der Waals surface area (Å²) in [7, 11) is -1.59. The van der Waals surface area contributed by atoms with Gasteiger partial charge >= 0.3 is 0 Å². The maximum atomic E-state index is 13.5. The highest BCUT2D eigenvalue weighted by atomic mass is 32.2. The highest BCUT2D eigenvalue weighted by Crippen LogP contribution is 2.26. The van der Waals surface area contributed by atoms with E-state index in [9.17, 15) is 13.0 Å². The van der Waals surface area contributed by atoms with Crippen molar-refractivity contribution in [3.05, 3.63) is 60.8 Å². The number of halogens is 2. The van der Waals surface area contributed by atoms with Crippen LogP contribution >= 0.6 is 0 Å². The lowest BCUT2D eigenvalue weighted by molar-refractivity contribution is 0.163. The molecule has 0 aliphatic carbocycles. The maximum absolute atomic E-state index is 13.5. The molecule has 2 atom stereocenters. The molecule has 4 aromatic rings. The minimum atomic E-state index is -1.59. The Morgan fingerprint density at radius 3 is 2.62 bits per heavy atom. The van der Waals surface area contributed by atoms with Crippen molar-refractivity contribution >= 4 is 22.0 Å². The van der Waals surface area contributed by atoms with Crippen molar-refractivity contribution in [2.75, 3.05) is 32.7 Å². The third kappa shape index (κ3) is 4.63. The van der Waals surface area contributed by atoms with Gasteiger partial charge in [-0.05, 0) is 24.6 Å². The quantitative estimate of drug-likeness (QED) is 0.434. The van der Waals surface area contributed by atoms with Crippen LogP contribution in [0.15, 0.2) is 54.1 Å². The van der Waals surface area contributed by atoms with Gasteiger partial charge in [-0.2, -0.15) is 5.10 Å². The first-order valence-electron chi connectivity index (χ1n) is 11.2. The monoisotopic (exact) mass is 485 g/mol. The Kier molecular flexibility index (Phi) is 6.48. The predicted octanol–water partition coefficient (Wildman–Crippen LogP) is 3.39. The van der Waals surface area contributed by atoms with E-state index < -0.39 is 22.6 Å². The van der Waals surface area contributed by atoms with Crippen LogP contribution in [0.5, 0.6) is 0 Å². The van der Waals surface area contributed by atoms with E-state index in [0.29, 0.717) is 26.2 Å². The van der Waals surface area contributed by atoms with E-state index in [2.05, 4.69) is 31.9 Å². The Labute approximate surface area is 198 Å². The van der Waals surface area contributed by atoms with Crippen LogP contribution < -0.4 is 0 Å². The number of aromatic nitrogens is 5. The van der Waals surface area contributed by atoms with Crippen molar-refractivity contribution in [3.63, 3.8) is 0 Å². The van der Waals surface area contributed by atoms with E-state index in [0.717, 1.165) is 53.5 Å². The first-order valence-corrected chi connectivity index (χ1v) is 12.3. The Hall–Kier alpha value is -3.02. The molecule has 3 aromatic heterocycles. The van der Waals surface area contributed by atoms with Gasteiger partial charge in [0.1, 0.15) is 34.6 Å². The van der Waals surface area contributed by atoms with Gasteiger partial charge < -0.3 is 4.98 Å². The molecule has 0 saturated carbocycles. The minimum absolute atomic E-state index is 0.155. The number of fused-ring (bicyclic) bond motifs is 1. The zero-order valence-electron chi connectivity index (χ0n) is 18.7. The third-order valence-electron chi connectivity index (χ3n) is 6.15. The molecular weight excluding hydrogens is 460 g/mol. The zero-order valence-corrected chi connectivity index (χ0v) is 19.5. The number of hydrogen-bond donors (Lipinski definition) is 1. The molecule has 8 nitrogen and oxygen atoms in total. The van der Waals surface area contributed by atoms with Crippen LogP contribution in [-0.2, 0) is 11.0 Å². The van der Waals surface area contributed by atoms with E-state index in [1.54, 1.807) is 10.6 Å². The predicted molar refractivity (Wildman–Crippen MR) is 125 cm³/mol. The number of H-pyrrole nitrogens is 1. The first-order chi connectivity index (χ1) is 16.5. The van der Waals surface area contributed by atoms with Crippen LogP contribution in [0.25, 0.3) is 22.3 Å². The van der Waals surface area contributed by atoms with Gasteiger partial charge in [-0.15, -0.1) is 0 Å². The van der Waals surface area contributed by atoms with Gasteiger partial charge in [0, 0.05) is 62.1 Å². The fourth-order valence-corrected chi connectivity index (χ4v) is 5.54. The summed E-state index contributed by atoms with van der Waals surface area (Å²) in [5, 5.41) is 5.56. The molecular formula is C23H25F2N7OS. The molecule has 1 saturated heterocycles. The van der Waals surface area contributed by atoms with Gasteiger partial charge in [-0.3, -0.25) is 9.58 Å². The van der Waals surface area contributed by atoms with E-state index in [4.69, 9.17) is 0 Å². The van der Waals surface area contributed by atoms with Crippen LogP contribution in [0.1, 0.15) is 19.4 Å². The lowest BCUT2D eigenvalue weighted by atomic mass is 10.1. The van der Waals surface area contributed by atoms with E-state index in [1.807, 2.05) is 29.3 Å². The number of aromatic amines is 1. The SMILES string of the molecule is CCC(CN1CCN(S(=O)c2cc(F)cc(F)c2)CC1)n1cc(-c2ncnc3[nH]ccc23)cn1. The molecule has 1 aliphatic heterocycles. The highest BCUT2D eigenvalue weighted by molar-refractivity contribution is 7.82. The molecule has 1 fully saturated rings. The lowest BCUT2D eigenvalue weighted by Gasteiger charge is -2.35. The second-order valence-corrected chi connectivity index (χ2v) is 9.80. The molecule has 178 valence electrons. The summed E-state index contributed by atoms with van der Waals surface area (Å²) >= 11 is 0. The molecule has 1 aromatic carbocycles. The van der Waals surface area contributed by atoms with Crippen molar-refractivity contribution in [1.82, 2.24) is 33.9 Å². The first kappa shape index (κ1) is 22.8. The fourth-order valence-electron chi connectivity index (χ4n) is 4.32. The van der Waals surface area contributed by atoms with Crippen LogP contribution in [0.4, 0.5) is 8.78 Å².